The number of nitrogens with zero attached hydrogens (tertiary/aromatic N) is 2. The number of hydrogen-bond donors (Lipinski definition) is 1. The van der Waals surface area contributed by atoms with Crippen molar-refractivity contribution in [1.29, 1.82) is 0 Å². The first-order valence-electron chi connectivity index (χ1n) is 14.6. The van der Waals surface area contributed by atoms with Crippen molar-refractivity contribution in [3.63, 3.8) is 0 Å². The van der Waals surface area contributed by atoms with Gasteiger partial charge in [0.1, 0.15) is 11.8 Å². The number of nitrogens with one attached hydrogen (secondary N) is 1. The van der Waals surface area contributed by atoms with E-state index in [1.165, 1.54) is 18.1 Å². The first kappa shape index (κ1) is 35.4. The lowest BCUT2D eigenvalue weighted by molar-refractivity contribution is -0.141. The van der Waals surface area contributed by atoms with Crippen LogP contribution < -0.4 is 14.4 Å². The Hall–Kier alpha value is -4.06. The number of amides is 2. The van der Waals surface area contributed by atoms with Gasteiger partial charge in [0.15, 0.2) is 0 Å². The van der Waals surface area contributed by atoms with Crippen molar-refractivity contribution in [3.8, 4) is 5.75 Å². The molecule has 0 unspecified atom stereocenters. The monoisotopic (exact) mass is 647 g/mol. The highest BCUT2D eigenvalue weighted by molar-refractivity contribution is 7.92. The van der Waals surface area contributed by atoms with E-state index < -0.39 is 33.7 Å². The van der Waals surface area contributed by atoms with E-state index in [2.05, 4.69) is 5.32 Å². The van der Waals surface area contributed by atoms with Gasteiger partial charge in [-0.1, -0.05) is 62.4 Å². The highest BCUT2D eigenvalue weighted by Crippen LogP contribution is 2.32. The maximum absolute atomic E-state index is 13.9. The van der Waals surface area contributed by atoms with Crippen molar-refractivity contribution in [1.82, 2.24) is 10.2 Å². The molecule has 0 saturated carbocycles. The van der Waals surface area contributed by atoms with Gasteiger partial charge in [0.2, 0.25) is 21.8 Å². The number of ether oxygens (including phenoxy) is 1. The molecule has 0 aliphatic heterocycles. The molecular weight excluding hydrogens is 607 g/mol. The molecule has 2 amide bonds. The normalized spacial score (nSPS) is 12.4. The molecule has 0 aliphatic carbocycles. The van der Waals surface area contributed by atoms with Gasteiger partial charge in [-0.05, 0) is 53.8 Å². The lowest BCUT2D eigenvalue weighted by Crippen LogP contribution is -2.51. The van der Waals surface area contributed by atoms with E-state index in [4.69, 9.17) is 4.74 Å². The van der Waals surface area contributed by atoms with Gasteiger partial charge in [-0.2, -0.15) is 13.2 Å². The second-order valence-corrected chi connectivity index (χ2v) is 13.1. The lowest BCUT2D eigenvalue weighted by Gasteiger charge is -2.32. The fraction of sp³-hybridized carbons (Fsp3) is 0.394. The molecule has 0 heterocycles. The topological polar surface area (TPSA) is 96.0 Å². The zero-order chi connectivity index (χ0) is 33.2. The van der Waals surface area contributed by atoms with Crippen LogP contribution in [0.3, 0.4) is 0 Å². The number of sulfonamides is 1. The molecule has 0 radical (unpaired) electrons. The van der Waals surface area contributed by atoms with E-state index in [1.54, 1.807) is 18.2 Å². The van der Waals surface area contributed by atoms with Gasteiger partial charge < -0.3 is 15.0 Å². The maximum Gasteiger partial charge on any atom is 0.416 e. The Morgan fingerprint density at radius 1 is 0.933 bits per heavy atom. The van der Waals surface area contributed by atoms with E-state index in [0.29, 0.717) is 12.3 Å². The van der Waals surface area contributed by atoms with E-state index in [0.717, 1.165) is 39.9 Å². The molecule has 3 aromatic rings. The summed E-state index contributed by atoms with van der Waals surface area (Å²) >= 11 is 0. The van der Waals surface area contributed by atoms with Crippen molar-refractivity contribution in [2.45, 2.75) is 51.9 Å². The Morgan fingerprint density at radius 3 is 2.22 bits per heavy atom. The predicted octanol–water partition coefficient (Wildman–Crippen LogP) is 5.67. The molecule has 1 N–H and O–H groups in total. The zero-order valence-corrected chi connectivity index (χ0v) is 26.7. The summed E-state index contributed by atoms with van der Waals surface area (Å²) in [6.45, 7) is 4.17. The minimum Gasteiger partial charge on any atom is -0.497 e. The largest absolute Gasteiger partial charge is 0.497 e. The summed E-state index contributed by atoms with van der Waals surface area (Å²) in [4.78, 5) is 29.0. The zero-order valence-electron chi connectivity index (χ0n) is 25.9. The SMILES string of the molecule is COc1cccc(CN(C(=O)CCCN(c2cccc(C(F)(F)F)c2)S(C)(=O)=O)[C@H](Cc2ccccc2)C(=O)NCC(C)C)c1. The quantitative estimate of drug-likeness (QED) is 0.229. The van der Waals surface area contributed by atoms with Crippen LogP contribution >= 0.6 is 0 Å². The van der Waals surface area contributed by atoms with Crippen molar-refractivity contribution in [3.05, 3.63) is 95.6 Å². The number of carbonyl (C=O) groups is 2. The molecule has 1 atom stereocenters. The van der Waals surface area contributed by atoms with E-state index >= 15 is 0 Å². The average molecular weight is 648 g/mol. The van der Waals surface area contributed by atoms with Crippen LogP contribution in [0.25, 0.3) is 0 Å². The van der Waals surface area contributed by atoms with E-state index in [1.807, 2.05) is 50.2 Å². The minimum absolute atomic E-state index is 0.00241. The number of benzene rings is 3. The predicted molar refractivity (Wildman–Crippen MR) is 168 cm³/mol. The van der Waals surface area contributed by atoms with E-state index in [-0.39, 0.29) is 49.9 Å². The number of anilines is 1. The molecule has 45 heavy (non-hydrogen) atoms. The van der Waals surface area contributed by atoms with Gasteiger partial charge in [0.25, 0.3) is 0 Å². The van der Waals surface area contributed by atoms with Crippen molar-refractivity contribution < 1.29 is 35.9 Å². The Labute approximate surface area is 263 Å². The summed E-state index contributed by atoms with van der Waals surface area (Å²) in [5.74, 6) is 0.0156. The number of carbonyl (C=O) groups excluding carboxylic acids is 2. The van der Waals surface area contributed by atoms with Crippen molar-refractivity contribution in [2.24, 2.45) is 5.92 Å². The molecule has 0 saturated heterocycles. The van der Waals surface area contributed by atoms with Crippen LogP contribution in [0.5, 0.6) is 5.75 Å². The van der Waals surface area contributed by atoms with Crippen LogP contribution in [0.1, 0.15) is 43.4 Å². The van der Waals surface area contributed by atoms with Crippen LogP contribution in [0.2, 0.25) is 0 Å². The Kier molecular flexibility index (Phi) is 12.4. The third kappa shape index (κ3) is 10.8. The summed E-state index contributed by atoms with van der Waals surface area (Å²) in [7, 11) is -2.45. The maximum atomic E-state index is 13.9. The Bertz CT molecular complexity index is 1530. The highest BCUT2D eigenvalue weighted by atomic mass is 32.2. The lowest BCUT2D eigenvalue weighted by atomic mass is 10.0. The number of hydrogen-bond acceptors (Lipinski definition) is 5. The Balaban J connectivity index is 1.91. The van der Waals surface area contributed by atoms with Gasteiger partial charge >= 0.3 is 6.18 Å². The van der Waals surface area contributed by atoms with Crippen LogP contribution in [-0.2, 0) is 38.8 Å². The smallest absolute Gasteiger partial charge is 0.416 e. The number of halogens is 3. The van der Waals surface area contributed by atoms with Crippen LogP contribution in [-0.4, -0.2) is 57.6 Å². The van der Waals surface area contributed by atoms with Gasteiger partial charge in [-0.25, -0.2) is 8.42 Å². The number of alkyl halides is 3. The highest BCUT2D eigenvalue weighted by Gasteiger charge is 2.33. The summed E-state index contributed by atoms with van der Waals surface area (Å²) < 4.78 is 71.5. The van der Waals surface area contributed by atoms with Crippen LogP contribution in [0.4, 0.5) is 18.9 Å². The summed E-state index contributed by atoms with van der Waals surface area (Å²) in [6.07, 6.45) is -3.67. The molecule has 8 nitrogen and oxygen atoms in total. The first-order valence-corrected chi connectivity index (χ1v) is 16.4. The molecule has 244 valence electrons. The molecule has 0 bridgehead atoms. The van der Waals surface area contributed by atoms with Crippen molar-refractivity contribution >= 4 is 27.5 Å². The van der Waals surface area contributed by atoms with Crippen LogP contribution in [0.15, 0.2) is 78.9 Å². The van der Waals surface area contributed by atoms with Gasteiger partial charge in [0, 0.05) is 32.5 Å². The molecule has 0 spiro atoms. The second-order valence-electron chi connectivity index (χ2n) is 11.2. The molecule has 12 heteroatoms. The molecular formula is C33H40F3N3O5S. The molecule has 0 aromatic heterocycles. The number of methoxy groups -OCH3 is 1. The molecule has 3 aromatic carbocycles. The average Bonchev–Trinajstić information content (AvgIpc) is 2.99. The third-order valence-electron chi connectivity index (χ3n) is 7.06. The fourth-order valence-electron chi connectivity index (χ4n) is 4.79. The standard InChI is InChI=1S/C33H40F3N3O5S/c1-24(2)22-37-32(41)30(20-25-11-6-5-7-12-25)38(23-26-13-8-16-29(19-26)44-3)31(40)17-10-18-39(45(4,42)43)28-15-9-14-27(21-28)33(34,35)36/h5-9,11-16,19,21,24,30H,10,17-18,20,22-23H2,1-4H3,(H,37,41)/t30-/m1/s1. The number of rotatable bonds is 15. The summed E-state index contributed by atoms with van der Waals surface area (Å²) in [5.41, 5.74) is 0.436. The van der Waals surface area contributed by atoms with E-state index in [9.17, 15) is 31.2 Å². The van der Waals surface area contributed by atoms with Gasteiger partial charge in [-0.15, -0.1) is 0 Å². The second kappa shape index (κ2) is 15.8. The summed E-state index contributed by atoms with van der Waals surface area (Å²) in [5, 5.41) is 2.94. The van der Waals surface area contributed by atoms with Crippen molar-refractivity contribution in [2.75, 3.05) is 30.8 Å². The third-order valence-corrected chi connectivity index (χ3v) is 8.25. The summed E-state index contributed by atoms with van der Waals surface area (Å²) in [6, 6.07) is 19.6. The van der Waals surface area contributed by atoms with Gasteiger partial charge in [0.05, 0.1) is 24.6 Å². The van der Waals surface area contributed by atoms with Gasteiger partial charge in [-0.3, -0.25) is 13.9 Å². The first-order chi connectivity index (χ1) is 21.2. The molecule has 0 aliphatic rings. The van der Waals surface area contributed by atoms with Crippen LogP contribution in [0, 0.1) is 5.92 Å². The molecule has 0 fully saturated rings. The fourth-order valence-corrected chi connectivity index (χ4v) is 5.74. The Morgan fingerprint density at radius 2 is 1.60 bits per heavy atom. The minimum atomic E-state index is -4.65. The molecule has 3 rings (SSSR count).